The molecule has 1 N–H and O–H groups in total. The van der Waals surface area contributed by atoms with Crippen LogP contribution < -0.4 is 10.1 Å². The van der Waals surface area contributed by atoms with Gasteiger partial charge in [-0.25, -0.2) is 9.59 Å². The first-order valence-corrected chi connectivity index (χ1v) is 13.9. The van der Waals surface area contributed by atoms with E-state index in [1.807, 2.05) is 12.1 Å². The average Bonchev–Trinajstić information content (AvgIpc) is 2.91. The maximum atomic E-state index is 12.4. The molecule has 0 unspecified atom stereocenters. The van der Waals surface area contributed by atoms with Crippen LogP contribution in [0.25, 0.3) is 0 Å². The van der Waals surface area contributed by atoms with Crippen molar-refractivity contribution < 1.29 is 19.1 Å². The van der Waals surface area contributed by atoms with E-state index in [0.29, 0.717) is 16.9 Å². The molecule has 0 saturated carbocycles. The Bertz CT molecular complexity index is 861. The number of unbranched alkanes of at least 4 members (excludes halogenated alkanes) is 13. The molecule has 0 aliphatic carbocycles. The van der Waals surface area contributed by atoms with Gasteiger partial charge in [0.1, 0.15) is 5.75 Å². The van der Waals surface area contributed by atoms with E-state index in [4.69, 9.17) is 4.74 Å². The summed E-state index contributed by atoms with van der Waals surface area (Å²) in [7, 11) is 1.33. The van der Waals surface area contributed by atoms with Gasteiger partial charge in [-0.05, 0) is 55.0 Å². The number of nitrogens with one attached hydrogen (secondary N) is 1. The van der Waals surface area contributed by atoms with Crippen molar-refractivity contribution in [3.05, 3.63) is 59.7 Å². The number of hydrogen-bond acceptors (Lipinski definition) is 5. The van der Waals surface area contributed by atoms with E-state index in [0.717, 1.165) is 18.7 Å². The Kier molecular flexibility index (Phi) is 15.1. The second-order valence-electron chi connectivity index (χ2n) is 9.51. The third-order valence-electron chi connectivity index (χ3n) is 6.47. The van der Waals surface area contributed by atoms with Gasteiger partial charge in [0.2, 0.25) is 0 Å². The van der Waals surface area contributed by atoms with Gasteiger partial charge in [-0.1, -0.05) is 90.4 Å². The predicted molar refractivity (Wildman–Crippen MR) is 148 cm³/mol. The van der Waals surface area contributed by atoms with E-state index in [9.17, 15) is 9.59 Å². The largest absolute Gasteiger partial charge is 0.465 e. The molecule has 2 aromatic rings. The predicted octanol–water partition coefficient (Wildman–Crippen LogP) is 8.59. The summed E-state index contributed by atoms with van der Waals surface area (Å²) in [4.78, 5) is 23.9. The molecule has 0 aliphatic heterocycles. The molecule has 0 radical (unpaired) electrons. The van der Waals surface area contributed by atoms with Crippen LogP contribution in [0.4, 0.5) is 5.69 Å². The van der Waals surface area contributed by atoms with E-state index in [-0.39, 0.29) is 0 Å². The normalized spacial score (nSPS) is 10.7. The fraction of sp³-hybridized carbons (Fsp3) is 0.548. The minimum atomic E-state index is -0.431. The maximum absolute atomic E-state index is 12.4. The number of hydrogen-bond donors (Lipinski definition) is 1. The highest BCUT2D eigenvalue weighted by molar-refractivity contribution is 5.92. The van der Waals surface area contributed by atoms with Gasteiger partial charge < -0.3 is 14.8 Å². The molecule has 0 saturated heterocycles. The number of anilines is 1. The summed E-state index contributed by atoms with van der Waals surface area (Å²) in [5, 5.41) is 3.43. The second kappa shape index (κ2) is 18.4. The van der Waals surface area contributed by atoms with Gasteiger partial charge in [-0.15, -0.1) is 0 Å². The Balaban J connectivity index is 1.50. The zero-order valence-electron chi connectivity index (χ0n) is 22.4. The molecule has 5 heteroatoms. The molecule has 0 aliphatic rings. The zero-order valence-corrected chi connectivity index (χ0v) is 22.4. The van der Waals surface area contributed by atoms with E-state index in [1.165, 1.54) is 90.6 Å². The smallest absolute Gasteiger partial charge is 0.343 e. The van der Waals surface area contributed by atoms with Gasteiger partial charge in [0.25, 0.3) is 0 Å². The van der Waals surface area contributed by atoms with Crippen LogP contribution in [0.15, 0.2) is 48.5 Å². The summed E-state index contributed by atoms with van der Waals surface area (Å²) >= 11 is 0. The van der Waals surface area contributed by atoms with Crippen molar-refractivity contribution in [3.63, 3.8) is 0 Å². The summed E-state index contributed by atoms with van der Waals surface area (Å²) in [6.07, 6.45) is 19.1. The minimum Gasteiger partial charge on any atom is -0.465 e. The van der Waals surface area contributed by atoms with Crippen LogP contribution in [0.5, 0.6) is 5.75 Å². The molecular formula is C31H45NO4. The Morgan fingerprint density at radius 2 is 1.06 bits per heavy atom. The highest BCUT2D eigenvalue weighted by Gasteiger charge is 2.10. The SMILES string of the molecule is CCCCCCCCCCCCCCCCNc1ccc(C(=O)Oc2ccc(C(=O)OC)cc2)cc1. The molecule has 0 amide bonds. The fourth-order valence-electron chi connectivity index (χ4n) is 4.22. The number of carbonyl (C=O) groups excluding carboxylic acids is 2. The third-order valence-corrected chi connectivity index (χ3v) is 6.47. The Labute approximate surface area is 218 Å². The molecule has 0 heterocycles. The second-order valence-corrected chi connectivity index (χ2v) is 9.51. The van der Waals surface area contributed by atoms with Crippen molar-refractivity contribution in [2.45, 2.75) is 96.8 Å². The number of rotatable bonds is 19. The molecular weight excluding hydrogens is 450 g/mol. The van der Waals surface area contributed by atoms with E-state index < -0.39 is 11.9 Å². The van der Waals surface area contributed by atoms with Crippen molar-refractivity contribution in [3.8, 4) is 5.75 Å². The van der Waals surface area contributed by atoms with Gasteiger partial charge >= 0.3 is 11.9 Å². The van der Waals surface area contributed by atoms with Crippen molar-refractivity contribution in [2.75, 3.05) is 19.0 Å². The number of ether oxygens (including phenoxy) is 2. The Hall–Kier alpha value is -2.82. The minimum absolute atomic E-state index is 0.382. The highest BCUT2D eigenvalue weighted by atomic mass is 16.5. The first-order valence-electron chi connectivity index (χ1n) is 13.9. The molecule has 0 spiro atoms. The summed E-state index contributed by atoms with van der Waals surface area (Å²) in [5.74, 6) is -0.475. The monoisotopic (exact) mass is 495 g/mol. The molecule has 198 valence electrons. The summed E-state index contributed by atoms with van der Waals surface area (Å²) in [6, 6.07) is 13.6. The van der Waals surface area contributed by atoms with Crippen LogP contribution in [0, 0.1) is 0 Å². The lowest BCUT2D eigenvalue weighted by Gasteiger charge is -2.08. The van der Waals surface area contributed by atoms with Crippen molar-refractivity contribution >= 4 is 17.6 Å². The summed E-state index contributed by atoms with van der Waals surface area (Å²) in [5.41, 5.74) is 1.89. The van der Waals surface area contributed by atoms with E-state index in [2.05, 4.69) is 17.0 Å². The first-order chi connectivity index (χ1) is 17.6. The molecule has 0 aromatic heterocycles. The fourth-order valence-corrected chi connectivity index (χ4v) is 4.22. The lowest BCUT2D eigenvalue weighted by atomic mass is 10.0. The van der Waals surface area contributed by atoms with Crippen LogP contribution in [0.3, 0.4) is 0 Å². The van der Waals surface area contributed by atoms with Crippen LogP contribution in [0.1, 0.15) is 118 Å². The Morgan fingerprint density at radius 3 is 1.56 bits per heavy atom. The number of benzene rings is 2. The number of carbonyl (C=O) groups is 2. The van der Waals surface area contributed by atoms with Crippen LogP contribution in [0.2, 0.25) is 0 Å². The highest BCUT2D eigenvalue weighted by Crippen LogP contribution is 2.17. The lowest BCUT2D eigenvalue weighted by molar-refractivity contribution is 0.0600. The maximum Gasteiger partial charge on any atom is 0.343 e. The summed E-state index contributed by atoms with van der Waals surface area (Å²) < 4.78 is 10.1. The van der Waals surface area contributed by atoms with Crippen molar-refractivity contribution in [1.82, 2.24) is 0 Å². The first kappa shape index (κ1) is 29.4. The molecule has 0 bridgehead atoms. The van der Waals surface area contributed by atoms with E-state index >= 15 is 0 Å². The average molecular weight is 496 g/mol. The van der Waals surface area contributed by atoms with Gasteiger partial charge in [0, 0.05) is 12.2 Å². The van der Waals surface area contributed by atoms with Gasteiger partial charge in [0.05, 0.1) is 18.2 Å². The molecule has 2 rings (SSSR count). The standard InChI is InChI=1S/C31H45NO4/c1-3-4-5-6-7-8-9-10-11-12-13-14-15-16-25-32-28-21-17-27(18-22-28)31(34)36-29-23-19-26(20-24-29)30(33)35-2/h17-24,32H,3-16,25H2,1-2H3. The molecule has 2 aromatic carbocycles. The molecule has 0 atom stereocenters. The Morgan fingerprint density at radius 1 is 0.611 bits per heavy atom. The molecule has 5 nitrogen and oxygen atoms in total. The van der Waals surface area contributed by atoms with Crippen molar-refractivity contribution in [1.29, 1.82) is 0 Å². The molecule has 36 heavy (non-hydrogen) atoms. The summed E-state index contributed by atoms with van der Waals surface area (Å²) in [6.45, 7) is 3.21. The van der Waals surface area contributed by atoms with Crippen LogP contribution in [-0.2, 0) is 4.74 Å². The quantitative estimate of drug-likeness (QED) is 0.120. The number of esters is 2. The topological polar surface area (TPSA) is 64.6 Å². The number of methoxy groups -OCH3 is 1. The van der Waals surface area contributed by atoms with Gasteiger partial charge in [-0.2, -0.15) is 0 Å². The third kappa shape index (κ3) is 12.2. The van der Waals surface area contributed by atoms with E-state index in [1.54, 1.807) is 36.4 Å². The molecule has 0 fully saturated rings. The van der Waals surface area contributed by atoms with Gasteiger partial charge in [0.15, 0.2) is 0 Å². The zero-order chi connectivity index (χ0) is 25.8. The van der Waals surface area contributed by atoms with Crippen LogP contribution >= 0.6 is 0 Å². The van der Waals surface area contributed by atoms with Crippen LogP contribution in [-0.4, -0.2) is 25.6 Å². The van der Waals surface area contributed by atoms with Gasteiger partial charge in [-0.3, -0.25) is 0 Å². The van der Waals surface area contributed by atoms with Crippen molar-refractivity contribution in [2.24, 2.45) is 0 Å². The lowest BCUT2D eigenvalue weighted by Crippen LogP contribution is -2.09.